The second-order valence-electron chi connectivity index (χ2n) is 6.29. The second-order valence-corrected chi connectivity index (χ2v) is 6.29. The standard InChI is InChI=1S/C18H24N4/c1-12-9-13(2)17(14(3)10-12)20-16-11-15(4)19-18(21-16)22-7-5-6-8-22/h9-11H,5-8H2,1-4H3,(H,19,20,21). The third-order valence-electron chi connectivity index (χ3n) is 4.16. The molecule has 4 heteroatoms. The Labute approximate surface area is 132 Å². The van der Waals surface area contributed by atoms with E-state index in [9.17, 15) is 0 Å². The lowest BCUT2D eigenvalue weighted by Crippen LogP contribution is -2.21. The molecule has 22 heavy (non-hydrogen) atoms. The zero-order valence-corrected chi connectivity index (χ0v) is 13.9. The van der Waals surface area contributed by atoms with Crippen molar-refractivity contribution in [2.24, 2.45) is 0 Å². The minimum atomic E-state index is 0.849. The predicted molar refractivity (Wildman–Crippen MR) is 92.2 cm³/mol. The number of anilines is 3. The molecule has 1 fully saturated rings. The first-order valence-electron chi connectivity index (χ1n) is 7.98. The molecule has 1 aromatic carbocycles. The lowest BCUT2D eigenvalue weighted by Gasteiger charge is -2.18. The number of nitrogens with one attached hydrogen (secondary N) is 1. The summed E-state index contributed by atoms with van der Waals surface area (Å²) in [7, 11) is 0. The summed E-state index contributed by atoms with van der Waals surface area (Å²) in [5, 5.41) is 3.49. The van der Waals surface area contributed by atoms with Gasteiger partial charge in [0.2, 0.25) is 5.95 Å². The van der Waals surface area contributed by atoms with Gasteiger partial charge in [-0.05, 0) is 51.7 Å². The van der Waals surface area contributed by atoms with E-state index < -0.39 is 0 Å². The Hall–Kier alpha value is -2.10. The van der Waals surface area contributed by atoms with Gasteiger partial charge in [-0.1, -0.05) is 17.7 Å². The Kier molecular flexibility index (Phi) is 4.01. The van der Waals surface area contributed by atoms with Crippen LogP contribution in [0.1, 0.15) is 35.2 Å². The molecular formula is C18H24N4. The molecule has 0 saturated carbocycles. The highest BCUT2D eigenvalue weighted by Gasteiger charge is 2.16. The highest BCUT2D eigenvalue weighted by Crippen LogP contribution is 2.26. The molecule has 4 nitrogen and oxygen atoms in total. The molecule has 0 spiro atoms. The van der Waals surface area contributed by atoms with Crippen molar-refractivity contribution < 1.29 is 0 Å². The van der Waals surface area contributed by atoms with E-state index in [1.54, 1.807) is 0 Å². The zero-order chi connectivity index (χ0) is 15.7. The van der Waals surface area contributed by atoms with E-state index in [0.29, 0.717) is 0 Å². The summed E-state index contributed by atoms with van der Waals surface area (Å²) in [5.41, 5.74) is 5.93. The van der Waals surface area contributed by atoms with Gasteiger partial charge in [0.1, 0.15) is 5.82 Å². The number of benzene rings is 1. The van der Waals surface area contributed by atoms with Crippen LogP contribution in [0.3, 0.4) is 0 Å². The van der Waals surface area contributed by atoms with E-state index in [-0.39, 0.29) is 0 Å². The Morgan fingerprint density at radius 1 is 0.909 bits per heavy atom. The fourth-order valence-corrected chi connectivity index (χ4v) is 3.18. The van der Waals surface area contributed by atoms with Gasteiger partial charge in [0.05, 0.1) is 0 Å². The van der Waals surface area contributed by atoms with Gasteiger partial charge in [0, 0.05) is 30.5 Å². The summed E-state index contributed by atoms with van der Waals surface area (Å²) in [6.07, 6.45) is 2.46. The Bertz CT molecular complexity index is 664. The lowest BCUT2D eigenvalue weighted by atomic mass is 10.1. The second kappa shape index (κ2) is 5.95. The molecule has 0 atom stereocenters. The van der Waals surface area contributed by atoms with Crippen LogP contribution in [0.5, 0.6) is 0 Å². The fraction of sp³-hybridized carbons (Fsp3) is 0.444. The van der Waals surface area contributed by atoms with Crippen molar-refractivity contribution in [1.82, 2.24) is 9.97 Å². The maximum Gasteiger partial charge on any atom is 0.227 e. The van der Waals surface area contributed by atoms with Gasteiger partial charge in [-0.3, -0.25) is 0 Å². The van der Waals surface area contributed by atoms with Crippen LogP contribution in [0.15, 0.2) is 18.2 Å². The Balaban J connectivity index is 1.92. The van der Waals surface area contributed by atoms with Gasteiger partial charge in [-0.25, -0.2) is 4.98 Å². The van der Waals surface area contributed by atoms with Crippen molar-refractivity contribution in [3.63, 3.8) is 0 Å². The average molecular weight is 296 g/mol. The van der Waals surface area contributed by atoms with Crippen molar-refractivity contribution in [1.29, 1.82) is 0 Å². The van der Waals surface area contributed by atoms with Crippen LogP contribution in [0, 0.1) is 27.7 Å². The number of nitrogens with zero attached hydrogens (tertiary/aromatic N) is 3. The molecule has 1 N–H and O–H groups in total. The largest absolute Gasteiger partial charge is 0.341 e. The van der Waals surface area contributed by atoms with Gasteiger partial charge < -0.3 is 10.2 Å². The van der Waals surface area contributed by atoms with Crippen LogP contribution < -0.4 is 10.2 Å². The predicted octanol–water partition coefficient (Wildman–Crippen LogP) is 4.05. The van der Waals surface area contributed by atoms with Gasteiger partial charge >= 0.3 is 0 Å². The third-order valence-corrected chi connectivity index (χ3v) is 4.16. The minimum Gasteiger partial charge on any atom is -0.341 e. The molecule has 2 aromatic rings. The molecule has 3 rings (SSSR count). The van der Waals surface area contributed by atoms with Crippen LogP contribution in [-0.4, -0.2) is 23.1 Å². The normalized spacial score (nSPS) is 14.5. The maximum absolute atomic E-state index is 4.72. The van der Waals surface area contributed by atoms with E-state index >= 15 is 0 Å². The Morgan fingerprint density at radius 2 is 1.55 bits per heavy atom. The quantitative estimate of drug-likeness (QED) is 0.927. The average Bonchev–Trinajstić information content (AvgIpc) is 2.96. The van der Waals surface area contributed by atoms with Crippen LogP contribution >= 0.6 is 0 Å². The van der Waals surface area contributed by atoms with Crippen molar-refractivity contribution in [2.75, 3.05) is 23.3 Å². The zero-order valence-electron chi connectivity index (χ0n) is 13.9. The highest BCUT2D eigenvalue weighted by molar-refractivity contribution is 5.66. The van der Waals surface area contributed by atoms with Crippen LogP contribution in [-0.2, 0) is 0 Å². The van der Waals surface area contributed by atoms with Gasteiger partial charge in [0.15, 0.2) is 0 Å². The van der Waals surface area contributed by atoms with Gasteiger partial charge in [-0.2, -0.15) is 4.98 Å². The molecule has 0 amide bonds. The van der Waals surface area contributed by atoms with E-state index in [4.69, 9.17) is 4.98 Å². The summed E-state index contributed by atoms with van der Waals surface area (Å²) >= 11 is 0. The summed E-state index contributed by atoms with van der Waals surface area (Å²) in [6, 6.07) is 6.41. The number of rotatable bonds is 3. The van der Waals surface area contributed by atoms with Crippen LogP contribution in [0.2, 0.25) is 0 Å². The smallest absolute Gasteiger partial charge is 0.227 e. The van der Waals surface area contributed by atoms with Crippen molar-refractivity contribution in [3.05, 3.63) is 40.6 Å². The molecule has 1 aromatic heterocycles. The first kappa shape index (κ1) is 14.8. The lowest BCUT2D eigenvalue weighted by molar-refractivity contribution is 0.891. The third kappa shape index (κ3) is 3.06. The number of aromatic nitrogens is 2. The molecule has 0 bridgehead atoms. The molecule has 0 radical (unpaired) electrons. The van der Waals surface area contributed by atoms with Crippen LogP contribution in [0.4, 0.5) is 17.5 Å². The molecule has 2 heterocycles. The van der Waals surface area contributed by atoms with Crippen molar-refractivity contribution in [2.45, 2.75) is 40.5 Å². The highest BCUT2D eigenvalue weighted by atomic mass is 15.3. The molecular weight excluding hydrogens is 272 g/mol. The SMILES string of the molecule is Cc1cc(C)c(Nc2cc(C)nc(N3CCCC3)n2)c(C)c1. The Morgan fingerprint density at radius 3 is 2.18 bits per heavy atom. The van der Waals surface area contributed by atoms with Gasteiger partial charge in [0.25, 0.3) is 0 Å². The fourth-order valence-electron chi connectivity index (χ4n) is 3.18. The molecule has 1 aliphatic heterocycles. The van der Waals surface area contributed by atoms with E-state index in [1.165, 1.54) is 29.5 Å². The summed E-state index contributed by atoms with van der Waals surface area (Å²) in [6.45, 7) is 10.6. The van der Waals surface area contributed by atoms with Crippen molar-refractivity contribution in [3.8, 4) is 0 Å². The molecule has 0 unspecified atom stereocenters. The molecule has 116 valence electrons. The molecule has 1 aliphatic rings. The molecule has 0 aliphatic carbocycles. The first-order valence-corrected chi connectivity index (χ1v) is 7.98. The topological polar surface area (TPSA) is 41.1 Å². The monoisotopic (exact) mass is 296 g/mol. The van der Waals surface area contributed by atoms with E-state index in [0.717, 1.165) is 36.2 Å². The number of hydrogen-bond donors (Lipinski definition) is 1. The van der Waals surface area contributed by atoms with Gasteiger partial charge in [-0.15, -0.1) is 0 Å². The van der Waals surface area contributed by atoms with E-state index in [2.05, 4.69) is 48.1 Å². The number of hydrogen-bond acceptors (Lipinski definition) is 4. The maximum atomic E-state index is 4.72. The summed E-state index contributed by atoms with van der Waals surface area (Å²) in [4.78, 5) is 11.6. The number of aryl methyl sites for hydroxylation is 4. The van der Waals surface area contributed by atoms with E-state index in [1.807, 2.05) is 13.0 Å². The van der Waals surface area contributed by atoms with Crippen molar-refractivity contribution >= 4 is 17.5 Å². The summed E-state index contributed by atoms with van der Waals surface area (Å²) in [5.74, 6) is 1.73. The van der Waals surface area contributed by atoms with Crippen LogP contribution in [0.25, 0.3) is 0 Å². The minimum absolute atomic E-state index is 0.849. The molecule has 1 saturated heterocycles. The first-order chi connectivity index (χ1) is 10.5. The summed E-state index contributed by atoms with van der Waals surface area (Å²) < 4.78 is 0.